The van der Waals surface area contributed by atoms with Gasteiger partial charge >= 0.3 is 5.97 Å². The second kappa shape index (κ2) is 9.45. The SMILES string of the molecule is CCN(CC)C(=O)c1cccc(NC(=O)c2cc(C(=O)OC)cc([N+](=O)[O-])c2)c1. The minimum Gasteiger partial charge on any atom is -0.465 e. The van der Waals surface area contributed by atoms with Crippen molar-refractivity contribution in [1.29, 1.82) is 0 Å². The van der Waals surface area contributed by atoms with Gasteiger partial charge in [0.15, 0.2) is 0 Å². The van der Waals surface area contributed by atoms with Crippen molar-refractivity contribution < 1.29 is 24.0 Å². The Kier molecular flexibility index (Phi) is 7.02. The first kappa shape index (κ1) is 21.5. The van der Waals surface area contributed by atoms with Crippen LogP contribution in [0.5, 0.6) is 0 Å². The van der Waals surface area contributed by atoms with Crippen LogP contribution in [0.3, 0.4) is 0 Å². The van der Waals surface area contributed by atoms with E-state index in [1.807, 2.05) is 13.8 Å². The maximum Gasteiger partial charge on any atom is 0.338 e. The fourth-order valence-corrected chi connectivity index (χ4v) is 2.71. The average molecular weight is 399 g/mol. The van der Waals surface area contributed by atoms with Gasteiger partial charge in [0.2, 0.25) is 0 Å². The summed E-state index contributed by atoms with van der Waals surface area (Å²) >= 11 is 0. The molecule has 0 radical (unpaired) electrons. The molecular weight excluding hydrogens is 378 g/mol. The van der Waals surface area contributed by atoms with Crippen molar-refractivity contribution >= 4 is 29.2 Å². The average Bonchev–Trinajstić information content (AvgIpc) is 2.73. The molecule has 2 aromatic rings. The fraction of sp³-hybridized carbons (Fsp3) is 0.250. The predicted molar refractivity (Wildman–Crippen MR) is 106 cm³/mol. The van der Waals surface area contributed by atoms with E-state index in [0.29, 0.717) is 24.3 Å². The Balaban J connectivity index is 2.32. The molecule has 0 aliphatic heterocycles. The third-order valence-corrected chi connectivity index (χ3v) is 4.23. The van der Waals surface area contributed by atoms with Gasteiger partial charge in [-0.25, -0.2) is 4.79 Å². The Morgan fingerprint density at radius 1 is 1.03 bits per heavy atom. The molecule has 1 N–H and O–H groups in total. The summed E-state index contributed by atoms with van der Waals surface area (Å²) in [6.45, 7) is 4.84. The molecule has 152 valence electrons. The first-order valence-corrected chi connectivity index (χ1v) is 8.89. The summed E-state index contributed by atoms with van der Waals surface area (Å²) in [5, 5.41) is 13.7. The largest absolute Gasteiger partial charge is 0.465 e. The quantitative estimate of drug-likeness (QED) is 0.434. The predicted octanol–water partition coefficient (Wildman–Crippen LogP) is 3.12. The lowest BCUT2D eigenvalue weighted by Crippen LogP contribution is -2.30. The van der Waals surface area contributed by atoms with Crippen LogP contribution in [0.2, 0.25) is 0 Å². The van der Waals surface area contributed by atoms with Crippen LogP contribution in [-0.2, 0) is 4.74 Å². The molecule has 2 aromatic carbocycles. The molecule has 2 amide bonds. The summed E-state index contributed by atoms with van der Waals surface area (Å²) in [6, 6.07) is 9.68. The van der Waals surface area contributed by atoms with Gasteiger partial charge in [-0.3, -0.25) is 19.7 Å². The molecule has 29 heavy (non-hydrogen) atoms. The lowest BCUT2D eigenvalue weighted by molar-refractivity contribution is -0.384. The normalized spacial score (nSPS) is 10.2. The number of nitrogens with zero attached hydrogens (tertiary/aromatic N) is 2. The second-order valence-electron chi connectivity index (χ2n) is 6.03. The number of methoxy groups -OCH3 is 1. The third-order valence-electron chi connectivity index (χ3n) is 4.23. The van der Waals surface area contributed by atoms with E-state index < -0.39 is 22.5 Å². The first-order valence-electron chi connectivity index (χ1n) is 8.89. The van der Waals surface area contributed by atoms with Gasteiger partial charge in [0.05, 0.1) is 17.6 Å². The number of hydrogen-bond donors (Lipinski definition) is 1. The third kappa shape index (κ3) is 5.16. The number of amides is 2. The maximum absolute atomic E-state index is 12.6. The zero-order chi connectivity index (χ0) is 21.6. The van der Waals surface area contributed by atoms with E-state index in [2.05, 4.69) is 10.1 Å². The molecule has 0 aromatic heterocycles. The van der Waals surface area contributed by atoms with Gasteiger partial charge in [-0.05, 0) is 38.1 Å². The number of benzene rings is 2. The zero-order valence-electron chi connectivity index (χ0n) is 16.3. The topological polar surface area (TPSA) is 119 Å². The van der Waals surface area contributed by atoms with Gasteiger partial charge in [0.1, 0.15) is 0 Å². The molecule has 9 heteroatoms. The number of rotatable bonds is 7. The Bertz CT molecular complexity index is 953. The van der Waals surface area contributed by atoms with Crippen molar-refractivity contribution in [3.63, 3.8) is 0 Å². The highest BCUT2D eigenvalue weighted by Crippen LogP contribution is 2.20. The number of carbonyl (C=O) groups is 3. The molecule has 0 saturated heterocycles. The van der Waals surface area contributed by atoms with Crippen LogP contribution in [0.4, 0.5) is 11.4 Å². The van der Waals surface area contributed by atoms with Crippen LogP contribution in [-0.4, -0.2) is 47.8 Å². The van der Waals surface area contributed by atoms with Gasteiger partial charge in [-0.1, -0.05) is 6.07 Å². The summed E-state index contributed by atoms with van der Waals surface area (Å²) in [4.78, 5) is 48.9. The number of esters is 1. The Morgan fingerprint density at radius 2 is 1.69 bits per heavy atom. The van der Waals surface area contributed by atoms with Gasteiger partial charge in [0, 0.05) is 42.0 Å². The fourth-order valence-electron chi connectivity index (χ4n) is 2.71. The minimum absolute atomic E-state index is 0.0833. The van der Waals surface area contributed by atoms with Crippen molar-refractivity contribution in [3.05, 3.63) is 69.3 Å². The molecular formula is C20H21N3O6. The molecule has 0 unspecified atom stereocenters. The van der Waals surface area contributed by atoms with E-state index in [0.717, 1.165) is 19.2 Å². The van der Waals surface area contributed by atoms with Crippen molar-refractivity contribution in [2.45, 2.75) is 13.8 Å². The van der Waals surface area contributed by atoms with Crippen LogP contribution in [0.15, 0.2) is 42.5 Å². The molecule has 0 saturated carbocycles. The second-order valence-corrected chi connectivity index (χ2v) is 6.03. The van der Waals surface area contributed by atoms with Crippen LogP contribution in [0.1, 0.15) is 44.9 Å². The molecule has 0 fully saturated rings. The summed E-state index contributed by atoms with van der Waals surface area (Å²) < 4.78 is 4.57. The summed E-state index contributed by atoms with van der Waals surface area (Å²) in [6.07, 6.45) is 0. The highest BCUT2D eigenvalue weighted by Gasteiger charge is 2.19. The maximum atomic E-state index is 12.6. The molecule has 0 aliphatic carbocycles. The number of nitro benzene ring substituents is 1. The highest BCUT2D eigenvalue weighted by molar-refractivity contribution is 6.07. The van der Waals surface area contributed by atoms with Gasteiger partial charge in [-0.2, -0.15) is 0 Å². The smallest absolute Gasteiger partial charge is 0.338 e. The molecule has 0 bridgehead atoms. The number of carbonyl (C=O) groups excluding carboxylic acids is 3. The molecule has 0 spiro atoms. The monoisotopic (exact) mass is 399 g/mol. The van der Waals surface area contributed by atoms with Crippen LogP contribution >= 0.6 is 0 Å². The standard InChI is InChI=1S/C20H21N3O6/c1-4-22(5-2)19(25)13-7-6-8-16(10-13)21-18(24)14-9-15(20(26)29-3)12-17(11-14)23(27)28/h6-12H,4-5H2,1-3H3,(H,21,24). The van der Waals surface area contributed by atoms with Crippen molar-refractivity contribution in [3.8, 4) is 0 Å². The van der Waals surface area contributed by atoms with Crippen LogP contribution < -0.4 is 5.32 Å². The first-order chi connectivity index (χ1) is 13.8. The van der Waals surface area contributed by atoms with Crippen molar-refractivity contribution in [2.24, 2.45) is 0 Å². The summed E-state index contributed by atoms with van der Waals surface area (Å²) in [5.74, 6) is -1.63. The molecule has 0 heterocycles. The van der Waals surface area contributed by atoms with E-state index in [1.165, 1.54) is 12.1 Å². The van der Waals surface area contributed by atoms with E-state index in [9.17, 15) is 24.5 Å². The molecule has 0 aliphatic rings. The Morgan fingerprint density at radius 3 is 2.28 bits per heavy atom. The van der Waals surface area contributed by atoms with E-state index in [-0.39, 0.29) is 17.0 Å². The number of ether oxygens (including phenoxy) is 1. The Hall–Kier alpha value is -3.75. The molecule has 2 rings (SSSR count). The van der Waals surface area contributed by atoms with Gasteiger partial charge < -0.3 is 15.0 Å². The van der Waals surface area contributed by atoms with E-state index >= 15 is 0 Å². The number of anilines is 1. The molecule has 0 atom stereocenters. The van der Waals surface area contributed by atoms with Gasteiger partial charge in [0.25, 0.3) is 17.5 Å². The lowest BCUT2D eigenvalue weighted by Gasteiger charge is -2.19. The summed E-state index contributed by atoms with van der Waals surface area (Å²) in [7, 11) is 1.14. The lowest BCUT2D eigenvalue weighted by atomic mass is 10.1. The van der Waals surface area contributed by atoms with Crippen LogP contribution in [0.25, 0.3) is 0 Å². The van der Waals surface area contributed by atoms with Crippen LogP contribution in [0, 0.1) is 10.1 Å². The van der Waals surface area contributed by atoms with Crippen molar-refractivity contribution in [2.75, 3.05) is 25.5 Å². The highest BCUT2D eigenvalue weighted by atomic mass is 16.6. The van der Waals surface area contributed by atoms with E-state index in [1.54, 1.807) is 23.1 Å². The Labute approximate surface area is 167 Å². The number of non-ortho nitro benzene ring substituents is 1. The number of nitrogens with one attached hydrogen (secondary N) is 1. The van der Waals surface area contributed by atoms with E-state index in [4.69, 9.17) is 0 Å². The molecule has 9 nitrogen and oxygen atoms in total. The van der Waals surface area contributed by atoms with Gasteiger partial charge in [-0.15, -0.1) is 0 Å². The number of hydrogen-bond acceptors (Lipinski definition) is 6. The number of nitro groups is 1. The van der Waals surface area contributed by atoms with Crippen molar-refractivity contribution in [1.82, 2.24) is 4.90 Å². The zero-order valence-corrected chi connectivity index (χ0v) is 16.3. The minimum atomic E-state index is -0.797. The summed E-state index contributed by atoms with van der Waals surface area (Å²) in [5.41, 5.74) is 0.140.